The first-order valence-electron chi connectivity index (χ1n) is 10.7. The number of carbonyl (C=O) groups is 1. The summed E-state index contributed by atoms with van der Waals surface area (Å²) in [5.74, 6) is 0.665. The Hall–Kier alpha value is -3.41. The molecular weight excluding hydrogens is 386 g/mol. The highest BCUT2D eigenvalue weighted by Gasteiger charge is 2.13. The van der Waals surface area contributed by atoms with Gasteiger partial charge in [-0.25, -0.2) is 4.99 Å². The topological polar surface area (TPSA) is 71.3 Å². The van der Waals surface area contributed by atoms with E-state index in [0.717, 1.165) is 29.2 Å². The Morgan fingerprint density at radius 2 is 1.74 bits per heavy atom. The number of carbonyl (C=O) groups excluding carboxylic acids is 1. The van der Waals surface area contributed by atoms with Crippen LogP contribution in [0.2, 0.25) is 0 Å². The molecule has 6 heteroatoms. The summed E-state index contributed by atoms with van der Waals surface area (Å²) in [5, 5.41) is 10.8. The molecule has 6 nitrogen and oxygen atoms in total. The first-order chi connectivity index (χ1) is 14.9. The minimum absolute atomic E-state index is 0.205. The van der Waals surface area contributed by atoms with Crippen molar-refractivity contribution in [3.05, 3.63) is 82.7 Å². The van der Waals surface area contributed by atoms with Crippen molar-refractivity contribution in [3.63, 3.8) is 0 Å². The van der Waals surface area contributed by atoms with Gasteiger partial charge in [-0.05, 0) is 56.5 Å². The van der Waals surface area contributed by atoms with Crippen LogP contribution in [0.15, 0.2) is 59.6 Å². The monoisotopic (exact) mass is 417 g/mol. The average molecular weight is 418 g/mol. The number of guanidine groups is 1. The maximum Gasteiger partial charge on any atom is 0.257 e. The number of anilines is 1. The Bertz CT molecular complexity index is 1050. The Labute approximate surface area is 184 Å². The van der Waals surface area contributed by atoms with E-state index >= 15 is 0 Å². The lowest BCUT2D eigenvalue weighted by molar-refractivity contribution is 0.0977. The number of amides is 1. The van der Waals surface area contributed by atoms with Gasteiger partial charge in [0.25, 0.3) is 5.91 Å². The van der Waals surface area contributed by atoms with Crippen LogP contribution >= 0.6 is 0 Å². The van der Waals surface area contributed by atoms with Gasteiger partial charge in [-0.3, -0.25) is 14.8 Å². The van der Waals surface area contributed by atoms with Gasteiger partial charge in [0.05, 0.1) is 12.2 Å². The van der Waals surface area contributed by atoms with E-state index in [4.69, 9.17) is 4.99 Å². The third kappa shape index (κ3) is 5.60. The lowest BCUT2D eigenvalue weighted by Gasteiger charge is -2.13. The molecule has 31 heavy (non-hydrogen) atoms. The molecule has 1 amide bonds. The molecule has 0 aliphatic carbocycles. The lowest BCUT2D eigenvalue weighted by atomic mass is 10.0. The number of nitrogens with one attached hydrogen (secondary N) is 2. The summed E-state index contributed by atoms with van der Waals surface area (Å²) in [4.78, 5) is 17.4. The molecule has 162 valence electrons. The molecule has 0 spiro atoms. The summed E-state index contributed by atoms with van der Waals surface area (Å²) in [6.45, 7) is 11.7. The standard InChI is InChI=1S/C25H31N5O/c1-6-30-19(5)23(18(4)29-30)16-26-25(28-24(31)21-10-8-7-9-11-21)27-22-14-12-20(13-15-22)17(2)3/h7-15,17H,6,16H2,1-5H3,(H2,26,27,28,31). The molecule has 2 N–H and O–H groups in total. The van der Waals surface area contributed by atoms with Gasteiger partial charge in [0, 0.05) is 29.1 Å². The van der Waals surface area contributed by atoms with Crippen LogP contribution in [0.3, 0.4) is 0 Å². The van der Waals surface area contributed by atoms with Gasteiger partial charge in [0.1, 0.15) is 0 Å². The fourth-order valence-electron chi connectivity index (χ4n) is 3.40. The molecule has 2 aromatic carbocycles. The molecule has 0 saturated carbocycles. The zero-order valence-corrected chi connectivity index (χ0v) is 18.9. The Balaban J connectivity index is 1.85. The van der Waals surface area contributed by atoms with E-state index in [0.29, 0.717) is 24.0 Å². The van der Waals surface area contributed by atoms with Crippen LogP contribution in [-0.4, -0.2) is 21.6 Å². The Morgan fingerprint density at radius 3 is 2.32 bits per heavy atom. The molecule has 1 aromatic heterocycles. The second-order valence-electron chi connectivity index (χ2n) is 7.85. The van der Waals surface area contributed by atoms with E-state index in [1.807, 2.05) is 41.9 Å². The van der Waals surface area contributed by atoms with Gasteiger partial charge in [0.15, 0.2) is 0 Å². The number of aliphatic imine (C=N–C) groups is 1. The smallest absolute Gasteiger partial charge is 0.257 e. The predicted molar refractivity (Wildman–Crippen MR) is 127 cm³/mol. The number of nitrogens with zero attached hydrogens (tertiary/aromatic N) is 3. The minimum atomic E-state index is -0.205. The SMILES string of the molecule is CCn1nc(C)c(CN=C(NC(=O)c2ccccc2)Nc2ccc(C(C)C)cc2)c1C. The third-order valence-electron chi connectivity index (χ3n) is 5.33. The third-order valence-corrected chi connectivity index (χ3v) is 5.33. The van der Waals surface area contributed by atoms with Crippen LogP contribution in [0.5, 0.6) is 0 Å². The summed E-state index contributed by atoms with van der Waals surface area (Å²) in [6, 6.07) is 17.3. The largest absolute Gasteiger partial charge is 0.326 e. The van der Waals surface area contributed by atoms with Gasteiger partial charge < -0.3 is 5.32 Å². The summed E-state index contributed by atoms with van der Waals surface area (Å²) in [5.41, 5.74) is 5.84. The maximum absolute atomic E-state index is 12.7. The van der Waals surface area contributed by atoms with Gasteiger partial charge in [-0.1, -0.05) is 44.2 Å². The number of hydrogen-bond donors (Lipinski definition) is 2. The van der Waals surface area contributed by atoms with Crippen LogP contribution in [0, 0.1) is 13.8 Å². The zero-order valence-electron chi connectivity index (χ0n) is 18.9. The Kier molecular flexibility index (Phi) is 7.23. The first-order valence-corrected chi connectivity index (χ1v) is 10.7. The van der Waals surface area contributed by atoms with Crippen LogP contribution < -0.4 is 10.6 Å². The highest BCUT2D eigenvalue weighted by Crippen LogP contribution is 2.18. The zero-order chi connectivity index (χ0) is 22.4. The van der Waals surface area contributed by atoms with E-state index < -0.39 is 0 Å². The van der Waals surface area contributed by atoms with E-state index in [1.165, 1.54) is 5.56 Å². The van der Waals surface area contributed by atoms with E-state index in [9.17, 15) is 4.79 Å². The van der Waals surface area contributed by atoms with Gasteiger partial charge >= 0.3 is 0 Å². The highest BCUT2D eigenvalue weighted by atomic mass is 16.1. The van der Waals surface area contributed by atoms with Crippen molar-refractivity contribution in [3.8, 4) is 0 Å². The maximum atomic E-state index is 12.7. The van der Waals surface area contributed by atoms with Crippen molar-refractivity contribution in [1.82, 2.24) is 15.1 Å². The van der Waals surface area contributed by atoms with E-state index in [1.54, 1.807) is 12.1 Å². The number of aryl methyl sites for hydroxylation is 2. The molecule has 0 aliphatic heterocycles. The van der Waals surface area contributed by atoms with E-state index in [2.05, 4.69) is 55.6 Å². The summed E-state index contributed by atoms with van der Waals surface area (Å²) < 4.78 is 1.97. The number of rotatable bonds is 6. The number of hydrogen-bond acceptors (Lipinski definition) is 3. The normalized spacial score (nSPS) is 11.6. The molecule has 0 unspecified atom stereocenters. The van der Waals surface area contributed by atoms with Crippen LogP contribution in [0.1, 0.15) is 59.6 Å². The molecule has 3 rings (SSSR count). The predicted octanol–water partition coefficient (Wildman–Crippen LogP) is 5.04. The molecule has 0 aliphatic rings. The van der Waals surface area contributed by atoms with Gasteiger partial charge in [0.2, 0.25) is 5.96 Å². The van der Waals surface area contributed by atoms with Crippen LogP contribution in [-0.2, 0) is 13.1 Å². The van der Waals surface area contributed by atoms with Crippen LogP contribution in [0.4, 0.5) is 5.69 Å². The molecule has 3 aromatic rings. The number of benzene rings is 2. The van der Waals surface area contributed by atoms with Crippen LogP contribution in [0.25, 0.3) is 0 Å². The highest BCUT2D eigenvalue weighted by molar-refractivity contribution is 6.09. The second-order valence-corrected chi connectivity index (χ2v) is 7.85. The fourth-order valence-corrected chi connectivity index (χ4v) is 3.40. The molecule has 0 atom stereocenters. The quantitative estimate of drug-likeness (QED) is 0.436. The first kappa shape index (κ1) is 22.3. The molecule has 0 bridgehead atoms. The summed E-state index contributed by atoms with van der Waals surface area (Å²) in [6.07, 6.45) is 0. The van der Waals surface area contributed by atoms with Crippen molar-refractivity contribution >= 4 is 17.6 Å². The van der Waals surface area contributed by atoms with Gasteiger partial charge in [-0.2, -0.15) is 5.10 Å². The molecule has 0 saturated heterocycles. The van der Waals surface area contributed by atoms with Crippen molar-refractivity contribution in [2.24, 2.45) is 4.99 Å². The number of aromatic nitrogens is 2. The molecule has 0 fully saturated rings. The lowest BCUT2D eigenvalue weighted by Crippen LogP contribution is -2.36. The Morgan fingerprint density at radius 1 is 1.06 bits per heavy atom. The minimum Gasteiger partial charge on any atom is -0.326 e. The summed E-state index contributed by atoms with van der Waals surface area (Å²) >= 11 is 0. The van der Waals surface area contributed by atoms with Crippen molar-refractivity contribution in [2.45, 2.75) is 53.6 Å². The molecule has 0 radical (unpaired) electrons. The molecule has 1 heterocycles. The second kappa shape index (κ2) is 10.1. The van der Waals surface area contributed by atoms with Crippen molar-refractivity contribution < 1.29 is 4.79 Å². The van der Waals surface area contributed by atoms with Gasteiger partial charge in [-0.15, -0.1) is 0 Å². The average Bonchev–Trinajstić information content (AvgIpc) is 3.05. The fraction of sp³-hybridized carbons (Fsp3) is 0.320. The summed E-state index contributed by atoms with van der Waals surface area (Å²) in [7, 11) is 0. The molecular formula is C25H31N5O. The van der Waals surface area contributed by atoms with E-state index in [-0.39, 0.29) is 5.91 Å². The van der Waals surface area contributed by atoms with Crippen molar-refractivity contribution in [2.75, 3.05) is 5.32 Å². The van der Waals surface area contributed by atoms with Crippen molar-refractivity contribution in [1.29, 1.82) is 0 Å².